The summed E-state index contributed by atoms with van der Waals surface area (Å²) in [6.45, 7) is 1.95. The Hall–Kier alpha value is -2.67. The number of amides is 1. The molecule has 0 fully saturated rings. The summed E-state index contributed by atoms with van der Waals surface area (Å²) in [7, 11) is 0. The van der Waals surface area contributed by atoms with Crippen molar-refractivity contribution < 1.29 is 9.32 Å². The highest BCUT2D eigenvalue weighted by Crippen LogP contribution is 2.22. The van der Waals surface area contributed by atoms with Crippen molar-refractivity contribution in [3.63, 3.8) is 0 Å². The summed E-state index contributed by atoms with van der Waals surface area (Å²) in [5.41, 5.74) is 1.05. The molecule has 0 bridgehead atoms. The van der Waals surface area contributed by atoms with Crippen molar-refractivity contribution in [2.45, 2.75) is 32.4 Å². The van der Waals surface area contributed by atoms with Crippen molar-refractivity contribution in [2.75, 3.05) is 0 Å². The number of nitrogens with zero attached hydrogens (tertiary/aromatic N) is 2. The van der Waals surface area contributed by atoms with E-state index in [9.17, 15) is 9.59 Å². The van der Waals surface area contributed by atoms with E-state index < -0.39 is 5.76 Å². The Labute approximate surface area is 149 Å². The number of hydrogen-bond acceptors (Lipinski definition) is 5. The highest BCUT2D eigenvalue weighted by Gasteiger charge is 2.19. The molecule has 2 aromatic heterocycles. The zero-order chi connectivity index (χ0) is 17.6. The van der Waals surface area contributed by atoms with Crippen molar-refractivity contribution in [2.24, 2.45) is 0 Å². The first-order valence-electron chi connectivity index (χ1n) is 8.13. The van der Waals surface area contributed by atoms with Gasteiger partial charge in [-0.2, -0.15) is 0 Å². The van der Waals surface area contributed by atoms with Crippen molar-refractivity contribution >= 4 is 17.2 Å². The molecule has 3 rings (SSSR count). The molecule has 1 atom stereocenters. The zero-order valence-electron chi connectivity index (χ0n) is 13.8. The van der Waals surface area contributed by atoms with Crippen molar-refractivity contribution in [1.82, 2.24) is 15.0 Å². The van der Waals surface area contributed by atoms with Crippen LogP contribution in [-0.4, -0.2) is 15.6 Å². The first kappa shape index (κ1) is 17.2. The second-order valence-corrected chi connectivity index (χ2v) is 6.60. The van der Waals surface area contributed by atoms with E-state index in [0.717, 1.165) is 23.3 Å². The number of carbonyl (C=O) groups is 1. The minimum atomic E-state index is -0.634. The molecule has 1 aromatic carbocycles. The van der Waals surface area contributed by atoms with E-state index in [1.54, 1.807) is 0 Å². The quantitative estimate of drug-likeness (QED) is 0.704. The van der Waals surface area contributed by atoms with Crippen molar-refractivity contribution in [3.05, 3.63) is 64.0 Å². The predicted octanol–water partition coefficient (Wildman–Crippen LogP) is 3.22. The third-order valence-electron chi connectivity index (χ3n) is 3.84. The van der Waals surface area contributed by atoms with Gasteiger partial charge in [0.05, 0.1) is 10.9 Å². The molecule has 1 N–H and O–H groups in total. The first-order chi connectivity index (χ1) is 12.2. The Balaban J connectivity index is 1.76. The Morgan fingerprint density at radius 2 is 2.08 bits per heavy atom. The van der Waals surface area contributed by atoms with Crippen LogP contribution in [0.1, 0.15) is 31.4 Å². The van der Waals surface area contributed by atoms with Gasteiger partial charge >= 0.3 is 5.76 Å². The normalized spacial score (nSPS) is 12.0. The van der Waals surface area contributed by atoms with Gasteiger partial charge in [0.15, 0.2) is 5.82 Å². The number of aromatic nitrogens is 2. The molecule has 0 saturated heterocycles. The smallest absolute Gasteiger partial charge is 0.348 e. The van der Waals surface area contributed by atoms with Gasteiger partial charge < -0.3 is 5.32 Å². The molecule has 0 aliphatic rings. The molecule has 1 unspecified atom stereocenters. The summed E-state index contributed by atoms with van der Waals surface area (Å²) in [6, 6.07) is 13.4. The molecule has 3 aromatic rings. The van der Waals surface area contributed by atoms with Gasteiger partial charge in [-0.15, -0.1) is 11.3 Å². The Bertz CT molecular complexity index is 869. The van der Waals surface area contributed by atoms with E-state index in [2.05, 4.69) is 17.4 Å². The molecular formula is C18H19N3O3S. The van der Waals surface area contributed by atoms with E-state index in [-0.39, 0.29) is 18.5 Å². The molecule has 25 heavy (non-hydrogen) atoms. The van der Waals surface area contributed by atoms with Gasteiger partial charge in [0, 0.05) is 0 Å². The third kappa shape index (κ3) is 4.06. The highest BCUT2D eigenvalue weighted by molar-refractivity contribution is 7.13. The van der Waals surface area contributed by atoms with E-state index in [4.69, 9.17) is 4.52 Å². The van der Waals surface area contributed by atoms with Gasteiger partial charge in [0.2, 0.25) is 5.91 Å². The Morgan fingerprint density at radius 3 is 2.76 bits per heavy atom. The molecule has 0 radical (unpaired) electrons. The molecule has 130 valence electrons. The molecule has 2 heterocycles. The largest absolute Gasteiger partial charge is 0.442 e. The topological polar surface area (TPSA) is 77.1 Å². The minimum absolute atomic E-state index is 0.0838. The van der Waals surface area contributed by atoms with Gasteiger partial charge in [-0.25, -0.2) is 9.36 Å². The van der Waals surface area contributed by atoms with Crippen molar-refractivity contribution in [3.8, 4) is 10.7 Å². The van der Waals surface area contributed by atoms with Crippen LogP contribution in [0, 0.1) is 0 Å². The lowest BCUT2D eigenvalue weighted by Gasteiger charge is -2.18. The molecule has 1 amide bonds. The van der Waals surface area contributed by atoms with Crippen LogP contribution in [0.25, 0.3) is 10.7 Å². The third-order valence-corrected chi connectivity index (χ3v) is 4.71. The predicted molar refractivity (Wildman–Crippen MR) is 96.3 cm³/mol. The minimum Gasteiger partial charge on any atom is -0.348 e. The summed E-state index contributed by atoms with van der Waals surface area (Å²) < 4.78 is 6.00. The fraction of sp³-hybridized carbons (Fsp3) is 0.278. The molecule has 6 nitrogen and oxygen atoms in total. The van der Waals surface area contributed by atoms with Crippen LogP contribution in [0.4, 0.5) is 0 Å². The van der Waals surface area contributed by atoms with Gasteiger partial charge in [0.1, 0.15) is 6.54 Å². The Morgan fingerprint density at radius 1 is 1.28 bits per heavy atom. The maximum Gasteiger partial charge on any atom is 0.442 e. The van der Waals surface area contributed by atoms with E-state index in [1.165, 1.54) is 15.9 Å². The molecular weight excluding hydrogens is 338 g/mol. The number of benzene rings is 1. The number of rotatable bonds is 7. The maximum absolute atomic E-state index is 12.5. The SMILES string of the molecule is CCCC(NC(=O)Cn1c(-c2cccs2)noc1=O)c1ccccc1. The van der Waals surface area contributed by atoms with Crippen LogP contribution in [0.2, 0.25) is 0 Å². The monoisotopic (exact) mass is 357 g/mol. The lowest BCUT2D eigenvalue weighted by Crippen LogP contribution is -2.34. The molecule has 7 heteroatoms. The van der Waals surface area contributed by atoms with Crippen LogP contribution >= 0.6 is 11.3 Å². The molecule has 0 spiro atoms. The van der Waals surface area contributed by atoms with Gasteiger partial charge in [-0.05, 0) is 23.4 Å². The summed E-state index contributed by atoms with van der Waals surface area (Å²) in [6.07, 6.45) is 1.76. The summed E-state index contributed by atoms with van der Waals surface area (Å²) >= 11 is 1.44. The fourth-order valence-corrected chi connectivity index (χ4v) is 3.38. The number of hydrogen-bond donors (Lipinski definition) is 1. The van der Waals surface area contributed by atoms with E-state index in [0.29, 0.717) is 5.82 Å². The fourth-order valence-electron chi connectivity index (χ4n) is 2.67. The second kappa shape index (κ2) is 7.94. The van der Waals surface area contributed by atoms with Gasteiger partial charge in [0.25, 0.3) is 0 Å². The van der Waals surface area contributed by atoms with Crippen molar-refractivity contribution in [1.29, 1.82) is 0 Å². The van der Waals surface area contributed by atoms with Crippen LogP contribution < -0.4 is 11.1 Å². The number of thiophene rings is 1. The van der Waals surface area contributed by atoms with Crippen LogP contribution in [0.5, 0.6) is 0 Å². The molecule has 0 aliphatic heterocycles. The van der Waals surface area contributed by atoms with E-state index in [1.807, 2.05) is 47.8 Å². The van der Waals surface area contributed by atoms with Crippen LogP contribution in [0.15, 0.2) is 57.2 Å². The average Bonchev–Trinajstić information content (AvgIpc) is 3.26. The first-order valence-corrected chi connectivity index (χ1v) is 9.01. The second-order valence-electron chi connectivity index (χ2n) is 5.65. The van der Waals surface area contributed by atoms with E-state index >= 15 is 0 Å². The molecule has 0 saturated carbocycles. The standard InChI is InChI=1S/C18H19N3O3S/c1-2-7-14(13-8-4-3-5-9-13)19-16(22)12-21-17(20-24-18(21)23)15-10-6-11-25-15/h3-6,8-11,14H,2,7,12H2,1H3,(H,19,22). The maximum atomic E-state index is 12.5. The molecule has 0 aliphatic carbocycles. The summed E-state index contributed by atoms with van der Waals surface area (Å²) in [5.74, 6) is -0.502. The highest BCUT2D eigenvalue weighted by atomic mass is 32.1. The number of nitrogens with one attached hydrogen (secondary N) is 1. The van der Waals surface area contributed by atoms with Gasteiger partial charge in [-0.1, -0.05) is 54.9 Å². The summed E-state index contributed by atoms with van der Waals surface area (Å²) in [4.78, 5) is 25.2. The zero-order valence-corrected chi connectivity index (χ0v) is 14.7. The van der Waals surface area contributed by atoms with Crippen LogP contribution in [-0.2, 0) is 11.3 Å². The average molecular weight is 357 g/mol. The lowest BCUT2D eigenvalue weighted by molar-refractivity contribution is -0.122. The lowest BCUT2D eigenvalue weighted by atomic mass is 10.0. The van der Waals surface area contributed by atoms with Gasteiger partial charge in [-0.3, -0.25) is 9.32 Å². The number of carbonyl (C=O) groups excluding carboxylic acids is 1. The summed E-state index contributed by atoms with van der Waals surface area (Å²) in [5, 5.41) is 8.68. The Kier molecular flexibility index (Phi) is 5.45. The van der Waals surface area contributed by atoms with Crippen LogP contribution in [0.3, 0.4) is 0 Å².